The van der Waals surface area contributed by atoms with Crippen LogP contribution in [0.2, 0.25) is 0 Å². The molecule has 1 aromatic carbocycles. The van der Waals surface area contributed by atoms with Gasteiger partial charge in [-0.25, -0.2) is 0 Å². The Labute approximate surface area is 92.0 Å². The SMILES string of the molecule is O=C(O)CNC(=O)c1ccc2c(c1)COC2. The third-order valence-electron chi connectivity index (χ3n) is 2.38. The molecule has 0 atom stereocenters. The summed E-state index contributed by atoms with van der Waals surface area (Å²) in [6.45, 7) is 0.716. The zero-order valence-corrected chi connectivity index (χ0v) is 8.53. The molecule has 2 N–H and O–H groups in total. The highest BCUT2D eigenvalue weighted by Gasteiger charge is 2.14. The van der Waals surface area contributed by atoms with Crippen LogP contribution in [0.4, 0.5) is 0 Å². The van der Waals surface area contributed by atoms with Crippen LogP contribution in [0.25, 0.3) is 0 Å². The Balaban J connectivity index is 2.09. The minimum Gasteiger partial charge on any atom is -0.480 e. The highest BCUT2D eigenvalue weighted by Crippen LogP contribution is 2.20. The van der Waals surface area contributed by atoms with Crippen molar-refractivity contribution in [2.45, 2.75) is 13.2 Å². The topological polar surface area (TPSA) is 75.6 Å². The fourth-order valence-electron chi connectivity index (χ4n) is 1.57. The number of benzene rings is 1. The van der Waals surface area contributed by atoms with Crippen LogP contribution in [-0.2, 0) is 22.7 Å². The number of carboxylic acids is 1. The number of carbonyl (C=O) groups excluding carboxylic acids is 1. The Morgan fingerprint density at radius 2 is 2.06 bits per heavy atom. The van der Waals surface area contributed by atoms with E-state index in [-0.39, 0.29) is 12.5 Å². The molecule has 1 aromatic rings. The zero-order chi connectivity index (χ0) is 11.5. The van der Waals surface area contributed by atoms with Gasteiger partial charge in [0.15, 0.2) is 0 Å². The minimum absolute atomic E-state index is 0.369. The molecule has 0 fully saturated rings. The van der Waals surface area contributed by atoms with Gasteiger partial charge < -0.3 is 15.2 Å². The standard InChI is InChI=1S/C11H11NO4/c13-10(14)4-12-11(15)7-1-2-8-5-16-6-9(8)3-7/h1-3H,4-6H2,(H,12,15)(H,13,14). The van der Waals surface area contributed by atoms with E-state index in [2.05, 4.69) is 5.32 Å². The van der Waals surface area contributed by atoms with E-state index in [1.54, 1.807) is 12.1 Å². The smallest absolute Gasteiger partial charge is 0.322 e. The van der Waals surface area contributed by atoms with E-state index in [1.807, 2.05) is 6.07 Å². The number of nitrogens with one attached hydrogen (secondary N) is 1. The molecule has 2 rings (SSSR count). The fourth-order valence-corrected chi connectivity index (χ4v) is 1.57. The van der Waals surface area contributed by atoms with E-state index in [1.165, 1.54) is 0 Å². The fraction of sp³-hybridized carbons (Fsp3) is 0.273. The summed E-state index contributed by atoms with van der Waals surface area (Å²) in [5.74, 6) is -1.44. The predicted octanol–water partition coefficient (Wildman–Crippen LogP) is 0.531. The third kappa shape index (κ3) is 2.20. The summed E-state index contributed by atoms with van der Waals surface area (Å²) in [4.78, 5) is 21.8. The van der Waals surface area contributed by atoms with Crippen molar-refractivity contribution in [3.8, 4) is 0 Å². The van der Waals surface area contributed by atoms with Crippen molar-refractivity contribution in [3.05, 3.63) is 34.9 Å². The Bertz CT molecular complexity index is 442. The van der Waals surface area contributed by atoms with Crippen molar-refractivity contribution in [1.29, 1.82) is 0 Å². The predicted molar refractivity (Wildman–Crippen MR) is 54.9 cm³/mol. The van der Waals surface area contributed by atoms with Crippen molar-refractivity contribution in [3.63, 3.8) is 0 Å². The number of hydrogen-bond donors (Lipinski definition) is 2. The van der Waals surface area contributed by atoms with Gasteiger partial charge in [-0.2, -0.15) is 0 Å². The van der Waals surface area contributed by atoms with Crippen LogP contribution in [0.15, 0.2) is 18.2 Å². The van der Waals surface area contributed by atoms with Gasteiger partial charge in [-0.1, -0.05) is 6.07 Å². The summed E-state index contributed by atoms with van der Waals surface area (Å²) in [6, 6.07) is 5.24. The molecular weight excluding hydrogens is 210 g/mol. The normalized spacial score (nSPS) is 13.2. The van der Waals surface area contributed by atoms with E-state index in [0.29, 0.717) is 18.8 Å². The Kier molecular flexibility index (Phi) is 2.87. The van der Waals surface area contributed by atoms with Crippen LogP contribution in [0.1, 0.15) is 21.5 Å². The Hall–Kier alpha value is -1.88. The first kappa shape index (κ1) is 10.6. The van der Waals surface area contributed by atoms with Crippen molar-refractivity contribution in [2.24, 2.45) is 0 Å². The molecule has 84 valence electrons. The van der Waals surface area contributed by atoms with Gasteiger partial charge in [0.05, 0.1) is 13.2 Å². The Morgan fingerprint density at radius 3 is 2.81 bits per heavy atom. The molecule has 0 unspecified atom stereocenters. The molecule has 1 aliphatic heterocycles. The van der Waals surface area contributed by atoms with Crippen LogP contribution >= 0.6 is 0 Å². The first-order valence-electron chi connectivity index (χ1n) is 4.86. The molecule has 1 aliphatic rings. The molecule has 5 heteroatoms. The second-order valence-electron chi connectivity index (χ2n) is 3.55. The number of fused-ring (bicyclic) bond motifs is 1. The average molecular weight is 221 g/mol. The van der Waals surface area contributed by atoms with Crippen molar-refractivity contribution >= 4 is 11.9 Å². The second kappa shape index (κ2) is 4.32. The Morgan fingerprint density at radius 1 is 1.31 bits per heavy atom. The van der Waals surface area contributed by atoms with E-state index in [9.17, 15) is 9.59 Å². The molecule has 0 spiro atoms. The third-order valence-corrected chi connectivity index (χ3v) is 2.38. The maximum atomic E-state index is 11.5. The monoisotopic (exact) mass is 221 g/mol. The number of hydrogen-bond acceptors (Lipinski definition) is 3. The lowest BCUT2D eigenvalue weighted by Crippen LogP contribution is -2.29. The summed E-state index contributed by atoms with van der Waals surface area (Å²) in [6.07, 6.45) is 0. The van der Waals surface area contributed by atoms with Gasteiger partial charge >= 0.3 is 5.97 Å². The molecule has 5 nitrogen and oxygen atoms in total. The van der Waals surface area contributed by atoms with Crippen LogP contribution in [0.5, 0.6) is 0 Å². The number of ether oxygens (including phenoxy) is 1. The largest absolute Gasteiger partial charge is 0.480 e. The van der Waals surface area contributed by atoms with Gasteiger partial charge in [0.2, 0.25) is 0 Å². The summed E-state index contributed by atoms with van der Waals surface area (Å²) in [5, 5.41) is 10.7. The molecule has 1 amide bonds. The van der Waals surface area contributed by atoms with Crippen LogP contribution in [0.3, 0.4) is 0 Å². The lowest BCUT2D eigenvalue weighted by Gasteiger charge is -2.04. The minimum atomic E-state index is -1.06. The van der Waals surface area contributed by atoms with Crippen molar-refractivity contribution < 1.29 is 19.4 Å². The maximum Gasteiger partial charge on any atom is 0.322 e. The number of carboxylic acid groups (broad SMARTS) is 1. The molecule has 0 saturated carbocycles. The van der Waals surface area contributed by atoms with Gasteiger partial charge in [0.25, 0.3) is 5.91 Å². The quantitative estimate of drug-likeness (QED) is 0.780. The number of carbonyl (C=O) groups is 2. The maximum absolute atomic E-state index is 11.5. The highest BCUT2D eigenvalue weighted by atomic mass is 16.5. The lowest BCUT2D eigenvalue weighted by atomic mass is 10.1. The molecule has 1 heterocycles. The molecule has 0 aromatic heterocycles. The highest BCUT2D eigenvalue weighted by molar-refractivity contribution is 5.96. The zero-order valence-electron chi connectivity index (χ0n) is 8.53. The number of rotatable bonds is 3. The van der Waals surface area contributed by atoms with E-state index >= 15 is 0 Å². The summed E-state index contributed by atoms with van der Waals surface area (Å²) >= 11 is 0. The van der Waals surface area contributed by atoms with E-state index < -0.39 is 5.97 Å². The van der Waals surface area contributed by atoms with Gasteiger partial charge in [0.1, 0.15) is 6.54 Å². The molecule has 0 bridgehead atoms. The van der Waals surface area contributed by atoms with Gasteiger partial charge in [-0.15, -0.1) is 0 Å². The summed E-state index contributed by atoms with van der Waals surface area (Å²) < 4.78 is 5.22. The number of amides is 1. The van der Waals surface area contributed by atoms with Crippen molar-refractivity contribution in [2.75, 3.05) is 6.54 Å². The molecule has 16 heavy (non-hydrogen) atoms. The van der Waals surface area contributed by atoms with Crippen LogP contribution in [0, 0.1) is 0 Å². The van der Waals surface area contributed by atoms with Crippen LogP contribution < -0.4 is 5.32 Å². The first-order chi connectivity index (χ1) is 7.66. The number of aliphatic carboxylic acids is 1. The molecule has 0 aliphatic carbocycles. The van der Waals surface area contributed by atoms with Gasteiger partial charge in [-0.05, 0) is 23.3 Å². The second-order valence-corrected chi connectivity index (χ2v) is 3.55. The molecule has 0 radical (unpaired) electrons. The summed E-state index contributed by atoms with van der Waals surface area (Å²) in [7, 11) is 0. The van der Waals surface area contributed by atoms with Gasteiger partial charge in [-0.3, -0.25) is 9.59 Å². The van der Waals surface area contributed by atoms with E-state index in [0.717, 1.165) is 11.1 Å². The van der Waals surface area contributed by atoms with E-state index in [4.69, 9.17) is 9.84 Å². The summed E-state index contributed by atoms with van der Waals surface area (Å²) in [5.41, 5.74) is 2.53. The average Bonchev–Trinajstić information content (AvgIpc) is 2.72. The van der Waals surface area contributed by atoms with Crippen LogP contribution in [-0.4, -0.2) is 23.5 Å². The van der Waals surface area contributed by atoms with Gasteiger partial charge in [0, 0.05) is 5.56 Å². The first-order valence-corrected chi connectivity index (χ1v) is 4.86. The molecular formula is C11H11NO4. The van der Waals surface area contributed by atoms with Crippen molar-refractivity contribution in [1.82, 2.24) is 5.32 Å². The molecule has 0 saturated heterocycles. The lowest BCUT2D eigenvalue weighted by molar-refractivity contribution is -0.135.